The molecule has 1 aromatic heterocycles. The summed E-state index contributed by atoms with van der Waals surface area (Å²) < 4.78 is 1.83. The van der Waals surface area contributed by atoms with Crippen molar-refractivity contribution in [1.29, 1.82) is 0 Å². The van der Waals surface area contributed by atoms with Crippen LogP contribution in [0, 0.1) is 5.92 Å². The number of amides is 2. The van der Waals surface area contributed by atoms with E-state index in [0.29, 0.717) is 38.6 Å². The second-order valence-electron chi connectivity index (χ2n) is 6.57. The number of aromatic nitrogens is 2. The number of carbonyl (C=O) groups excluding carboxylic acids is 2. The van der Waals surface area contributed by atoms with Crippen molar-refractivity contribution in [3.8, 4) is 0 Å². The van der Waals surface area contributed by atoms with Crippen LogP contribution in [-0.4, -0.2) is 57.1 Å². The highest BCUT2D eigenvalue weighted by molar-refractivity contribution is 5.89. The van der Waals surface area contributed by atoms with Crippen molar-refractivity contribution >= 4 is 11.8 Å². The largest absolute Gasteiger partial charge is 0.341 e. The lowest BCUT2D eigenvalue weighted by molar-refractivity contribution is -0.135. The predicted molar refractivity (Wildman–Crippen MR) is 86.6 cm³/mol. The lowest BCUT2D eigenvalue weighted by Gasteiger charge is -2.26. The van der Waals surface area contributed by atoms with Gasteiger partial charge in [0.1, 0.15) is 0 Å². The molecule has 0 spiro atoms. The maximum atomic E-state index is 12.8. The van der Waals surface area contributed by atoms with Crippen molar-refractivity contribution in [2.75, 3.05) is 19.6 Å². The Labute approximate surface area is 137 Å². The Hall–Kier alpha value is -1.85. The zero-order valence-corrected chi connectivity index (χ0v) is 13.9. The summed E-state index contributed by atoms with van der Waals surface area (Å²) in [6.45, 7) is 4.62. The van der Waals surface area contributed by atoms with E-state index in [1.807, 2.05) is 33.7 Å². The fourth-order valence-electron chi connectivity index (χ4n) is 3.80. The first-order chi connectivity index (χ1) is 11.2. The molecule has 3 rings (SSSR count). The van der Waals surface area contributed by atoms with Gasteiger partial charge in [-0.25, -0.2) is 0 Å². The van der Waals surface area contributed by atoms with Crippen LogP contribution in [0.1, 0.15) is 39.0 Å². The number of hydrogen-bond donors (Lipinski definition) is 0. The second-order valence-corrected chi connectivity index (χ2v) is 6.57. The molecular weight excluding hydrogens is 292 g/mol. The Morgan fingerprint density at radius 3 is 2.83 bits per heavy atom. The second kappa shape index (κ2) is 7.15. The van der Waals surface area contributed by atoms with Gasteiger partial charge < -0.3 is 9.80 Å². The molecule has 6 nitrogen and oxygen atoms in total. The minimum absolute atomic E-state index is 0.119. The van der Waals surface area contributed by atoms with Gasteiger partial charge in [0.15, 0.2) is 0 Å². The summed E-state index contributed by atoms with van der Waals surface area (Å²) >= 11 is 0. The number of rotatable bonds is 6. The van der Waals surface area contributed by atoms with Gasteiger partial charge in [0.2, 0.25) is 11.8 Å². The van der Waals surface area contributed by atoms with E-state index in [2.05, 4.69) is 5.10 Å². The van der Waals surface area contributed by atoms with Crippen LogP contribution in [0.5, 0.6) is 0 Å². The highest BCUT2D eigenvalue weighted by atomic mass is 16.2. The molecule has 2 aliphatic rings. The standard InChI is InChI=1S/C17H26N4O2/c1-2-19(10-11-20-9-5-8-18-20)17(23)14-12-16(22)21(13-14)15-6-3-4-7-15/h5,8-9,14-15H,2-4,6-7,10-13H2,1H3. The number of nitrogens with zero attached hydrogens (tertiary/aromatic N) is 4. The molecule has 1 aliphatic carbocycles. The summed E-state index contributed by atoms with van der Waals surface area (Å²) in [6.07, 6.45) is 8.64. The number of likely N-dealkylation sites (tertiary alicyclic amines) is 1. The highest BCUT2D eigenvalue weighted by Gasteiger charge is 2.39. The third-order valence-electron chi connectivity index (χ3n) is 5.12. The maximum Gasteiger partial charge on any atom is 0.228 e. The predicted octanol–water partition coefficient (Wildman–Crippen LogP) is 1.52. The molecule has 1 atom stereocenters. The first-order valence-electron chi connectivity index (χ1n) is 8.74. The Kier molecular flexibility index (Phi) is 4.98. The third-order valence-corrected chi connectivity index (χ3v) is 5.12. The molecule has 1 saturated heterocycles. The average Bonchev–Trinajstić information content (AvgIpc) is 3.28. The number of likely N-dealkylation sites (N-methyl/N-ethyl adjacent to an activating group) is 1. The lowest BCUT2D eigenvalue weighted by Crippen LogP contribution is -2.40. The van der Waals surface area contributed by atoms with Gasteiger partial charge in [-0.05, 0) is 25.8 Å². The van der Waals surface area contributed by atoms with Crippen LogP contribution >= 0.6 is 0 Å². The van der Waals surface area contributed by atoms with Crippen LogP contribution in [0.3, 0.4) is 0 Å². The summed E-state index contributed by atoms with van der Waals surface area (Å²) in [7, 11) is 0. The van der Waals surface area contributed by atoms with E-state index in [9.17, 15) is 9.59 Å². The van der Waals surface area contributed by atoms with Crippen LogP contribution in [0.4, 0.5) is 0 Å². The summed E-state index contributed by atoms with van der Waals surface area (Å²) in [5.41, 5.74) is 0. The van der Waals surface area contributed by atoms with Gasteiger partial charge >= 0.3 is 0 Å². The quantitative estimate of drug-likeness (QED) is 0.799. The van der Waals surface area contributed by atoms with Gasteiger partial charge in [-0.3, -0.25) is 14.3 Å². The van der Waals surface area contributed by atoms with Crippen LogP contribution < -0.4 is 0 Å². The van der Waals surface area contributed by atoms with Gasteiger partial charge in [0.05, 0.1) is 12.5 Å². The maximum absolute atomic E-state index is 12.8. The minimum atomic E-state index is -0.166. The molecule has 1 aliphatic heterocycles. The van der Waals surface area contributed by atoms with Crippen molar-refractivity contribution in [2.24, 2.45) is 5.92 Å². The molecule has 2 fully saturated rings. The highest BCUT2D eigenvalue weighted by Crippen LogP contribution is 2.30. The molecule has 6 heteroatoms. The third kappa shape index (κ3) is 3.57. The summed E-state index contributed by atoms with van der Waals surface area (Å²) in [5, 5.41) is 4.17. The summed E-state index contributed by atoms with van der Waals surface area (Å²) in [6, 6.07) is 2.26. The van der Waals surface area contributed by atoms with Crippen LogP contribution in [-0.2, 0) is 16.1 Å². The molecule has 2 amide bonds. The van der Waals surface area contributed by atoms with E-state index < -0.39 is 0 Å². The molecule has 0 N–H and O–H groups in total. The Morgan fingerprint density at radius 1 is 1.39 bits per heavy atom. The SMILES string of the molecule is CCN(CCn1cccn1)C(=O)C1CC(=O)N(C2CCCC2)C1. The Balaban J connectivity index is 1.56. The van der Waals surface area contributed by atoms with E-state index >= 15 is 0 Å². The fourth-order valence-corrected chi connectivity index (χ4v) is 3.80. The van der Waals surface area contributed by atoms with Gasteiger partial charge in [-0.15, -0.1) is 0 Å². The van der Waals surface area contributed by atoms with E-state index in [1.165, 1.54) is 12.8 Å². The van der Waals surface area contributed by atoms with Gasteiger partial charge in [-0.2, -0.15) is 5.10 Å². The zero-order chi connectivity index (χ0) is 16.2. The monoisotopic (exact) mass is 318 g/mol. The number of carbonyl (C=O) groups is 2. The molecule has 1 unspecified atom stereocenters. The van der Waals surface area contributed by atoms with Crippen molar-refractivity contribution in [3.63, 3.8) is 0 Å². The molecular formula is C17H26N4O2. The van der Waals surface area contributed by atoms with Gasteiger partial charge in [-0.1, -0.05) is 12.8 Å². The summed E-state index contributed by atoms with van der Waals surface area (Å²) in [4.78, 5) is 28.9. The Bertz CT molecular complexity index is 537. The number of hydrogen-bond acceptors (Lipinski definition) is 3. The molecule has 0 radical (unpaired) electrons. The Morgan fingerprint density at radius 2 is 2.17 bits per heavy atom. The van der Waals surface area contributed by atoms with E-state index in [-0.39, 0.29) is 17.7 Å². The molecule has 0 bridgehead atoms. The molecule has 126 valence electrons. The minimum Gasteiger partial charge on any atom is -0.341 e. The van der Waals surface area contributed by atoms with Crippen molar-refractivity contribution in [2.45, 2.75) is 51.6 Å². The first kappa shape index (κ1) is 16.0. The van der Waals surface area contributed by atoms with Crippen molar-refractivity contribution in [1.82, 2.24) is 19.6 Å². The van der Waals surface area contributed by atoms with E-state index in [0.717, 1.165) is 12.8 Å². The molecule has 1 aromatic rings. The van der Waals surface area contributed by atoms with Crippen LogP contribution in [0.25, 0.3) is 0 Å². The zero-order valence-electron chi connectivity index (χ0n) is 13.9. The van der Waals surface area contributed by atoms with E-state index in [4.69, 9.17) is 0 Å². The topological polar surface area (TPSA) is 58.4 Å². The van der Waals surface area contributed by atoms with Crippen LogP contribution in [0.15, 0.2) is 18.5 Å². The normalized spacial score (nSPS) is 22.0. The summed E-state index contributed by atoms with van der Waals surface area (Å²) in [5.74, 6) is 0.118. The lowest BCUT2D eigenvalue weighted by atomic mass is 10.1. The van der Waals surface area contributed by atoms with Gasteiger partial charge in [0, 0.05) is 44.5 Å². The molecule has 1 saturated carbocycles. The molecule has 2 heterocycles. The molecule has 23 heavy (non-hydrogen) atoms. The van der Waals surface area contributed by atoms with Crippen molar-refractivity contribution < 1.29 is 9.59 Å². The first-order valence-corrected chi connectivity index (χ1v) is 8.74. The van der Waals surface area contributed by atoms with Crippen molar-refractivity contribution in [3.05, 3.63) is 18.5 Å². The molecule has 0 aromatic carbocycles. The van der Waals surface area contributed by atoms with E-state index in [1.54, 1.807) is 6.20 Å². The average molecular weight is 318 g/mol. The van der Waals surface area contributed by atoms with Crippen LogP contribution in [0.2, 0.25) is 0 Å². The van der Waals surface area contributed by atoms with Gasteiger partial charge in [0.25, 0.3) is 0 Å². The smallest absolute Gasteiger partial charge is 0.228 e. The fraction of sp³-hybridized carbons (Fsp3) is 0.706.